The second-order valence-electron chi connectivity index (χ2n) is 4.44. The Morgan fingerprint density at radius 2 is 1.50 bits per heavy atom. The molecule has 0 bridgehead atoms. The van der Waals surface area contributed by atoms with Gasteiger partial charge in [-0.1, -0.05) is 32.9 Å². The van der Waals surface area contributed by atoms with Crippen LogP contribution in [0.25, 0.3) is 0 Å². The van der Waals surface area contributed by atoms with E-state index in [9.17, 15) is 0 Å². The first-order valence-electron chi connectivity index (χ1n) is 6.25. The van der Waals surface area contributed by atoms with Crippen molar-refractivity contribution in [1.82, 2.24) is 5.32 Å². The van der Waals surface area contributed by atoms with Crippen LogP contribution < -0.4 is 11.1 Å². The SMILES string of the molecule is CCC(CC)(CC)NCc1ccc(N)cc1. The second-order valence-corrected chi connectivity index (χ2v) is 4.44. The van der Waals surface area contributed by atoms with Crippen LogP contribution >= 0.6 is 0 Å². The van der Waals surface area contributed by atoms with Crippen LogP contribution in [-0.4, -0.2) is 5.54 Å². The van der Waals surface area contributed by atoms with Gasteiger partial charge in [0.05, 0.1) is 0 Å². The molecule has 2 heteroatoms. The Labute approximate surface area is 99.2 Å². The molecule has 1 rings (SSSR count). The van der Waals surface area contributed by atoms with Crippen molar-refractivity contribution in [3.8, 4) is 0 Å². The van der Waals surface area contributed by atoms with E-state index in [0.29, 0.717) is 5.54 Å². The lowest BCUT2D eigenvalue weighted by atomic mass is 9.89. The number of rotatable bonds is 6. The van der Waals surface area contributed by atoms with Gasteiger partial charge in [-0.3, -0.25) is 0 Å². The topological polar surface area (TPSA) is 38.0 Å². The summed E-state index contributed by atoms with van der Waals surface area (Å²) in [5.74, 6) is 0. The molecule has 0 spiro atoms. The number of benzene rings is 1. The Balaban J connectivity index is 2.58. The summed E-state index contributed by atoms with van der Waals surface area (Å²) in [6.45, 7) is 7.69. The van der Waals surface area contributed by atoms with E-state index in [1.165, 1.54) is 24.8 Å². The van der Waals surface area contributed by atoms with Gasteiger partial charge in [0.15, 0.2) is 0 Å². The summed E-state index contributed by atoms with van der Waals surface area (Å²) in [6, 6.07) is 8.10. The molecule has 0 aliphatic heterocycles. The van der Waals surface area contributed by atoms with Crippen molar-refractivity contribution in [3.05, 3.63) is 29.8 Å². The maximum Gasteiger partial charge on any atom is 0.0314 e. The van der Waals surface area contributed by atoms with Gasteiger partial charge in [-0.2, -0.15) is 0 Å². The van der Waals surface area contributed by atoms with Gasteiger partial charge in [-0.25, -0.2) is 0 Å². The monoisotopic (exact) mass is 220 g/mol. The second kappa shape index (κ2) is 5.90. The maximum atomic E-state index is 5.67. The normalized spacial score (nSPS) is 11.7. The fourth-order valence-electron chi connectivity index (χ4n) is 2.05. The molecule has 3 N–H and O–H groups in total. The summed E-state index contributed by atoms with van der Waals surface area (Å²) in [7, 11) is 0. The van der Waals surface area contributed by atoms with Crippen molar-refractivity contribution >= 4 is 5.69 Å². The van der Waals surface area contributed by atoms with Gasteiger partial charge in [0.1, 0.15) is 0 Å². The molecule has 0 heterocycles. The third-order valence-corrected chi connectivity index (χ3v) is 3.68. The minimum atomic E-state index is 0.293. The Morgan fingerprint density at radius 1 is 1.00 bits per heavy atom. The van der Waals surface area contributed by atoms with Gasteiger partial charge in [0.2, 0.25) is 0 Å². The number of nitrogen functional groups attached to an aromatic ring is 1. The number of hydrogen-bond acceptors (Lipinski definition) is 2. The van der Waals surface area contributed by atoms with Gasteiger partial charge >= 0.3 is 0 Å². The van der Waals surface area contributed by atoms with Crippen LogP contribution in [0.15, 0.2) is 24.3 Å². The zero-order valence-electron chi connectivity index (χ0n) is 10.7. The van der Waals surface area contributed by atoms with Crippen molar-refractivity contribution in [1.29, 1.82) is 0 Å². The summed E-state index contributed by atoms with van der Waals surface area (Å²) in [6.07, 6.45) is 3.53. The molecule has 2 nitrogen and oxygen atoms in total. The molecule has 0 unspecified atom stereocenters. The zero-order valence-corrected chi connectivity index (χ0v) is 10.7. The Kier molecular flexibility index (Phi) is 4.81. The Morgan fingerprint density at radius 3 is 1.94 bits per heavy atom. The molecule has 0 aliphatic rings. The molecule has 16 heavy (non-hydrogen) atoms. The van der Waals surface area contributed by atoms with E-state index in [-0.39, 0.29) is 0 Å². The van der Waals surface area contributed by atoms with Crippen molar-refractivity contribution in [2.45, 2.75) is 52.1 Å². The van der Waals surface area contributed by atoms with Crippen LogP contribution in [0, 0.1) is 0 Å². The van der Waals surface area contributed by atoms with E-state index in [1.807, 2.05) is 12.1 Å². The fourth-order valence-corrected chi connectivity index (χ4v) is 2.05. The molecule has 0 amide bonds. The highest BCUT2D eigenvalue weighted by molar-refractivity contribution is 5.39. The highest BCUT2D eigenvalue weighted by atomic mass is 15.0. The van der Waals surface area contributed by atoms with Crippen LogP contribution in [0.5, 0.6) is 0 Å². The van der Waals surface area contributed by atoms with Crippen LogP contribution in [0.2, 0.25) is 0 Å². The molecule has 0 fully saturated rings. The third kappa shape index (κ3) is 3.24. The first-order chi connectivity index (χ1) is 7.65. The molecular formula is C14H24N2. The summed E-state index contributed by atoms with van der Waals surface area (Å²) in [5, 5.41) is 3.68. The molecule has 0 saturated heterocycles. The molecular weight excluding hydrogens is 196 g/mol. The van der Waals surface area contributed by atoms with E-state index >= 15 is 0 Å². The number of anilines is 1. The smallest absolute Gasteiger partial charge is 0.0314 e. The molecule has 0 aliphatic carbocycles. The Bertz CT molecular complexity index is 291. The molecule has 90 valence electrons. The average Bonchev–Trinajstić information content (AvgIpc) is 2.34. The van der Waals surface area contributed by atoms with Gasteiger partial charge in [0.25, 0.3) is 0 Å². The van der Waals surface area contributed by atoms with Crippen LogP contribution in [0.4, 0.5) is 5.69 Å². The van der Waals surface area contributed by atoms with Crippen molar-refractivity contribution < 1.29 is 0 Å². The summed E-state index contributed by atoms with van der Waals surface area (Å²) in [4.78, 5) is 0. The first kappa shape index (κ1) is 13.0. The third-order valence-electron chi connectivity index (χ3n) is 3.68. The molecule has 0 radical (unpaired) electrons. The van der Waals surface area contributed by atoms with Crippen molar-refractivity contribution in [3.63, 3.8) is 0 Å². The number of hydrogen-bond donors (Lipinski definition) is 2. The van der Waals surface area contributed by atoms with E-state index in [0.717, 1.165) is 12.2 Å². The Hall–Kier alpha value is -1.02. The lowest BCUT2D eigenvalue weighted by Gasteiger charge is -2.32. The highest BCUT2D eigenvalue weighted by Crippen LogP contribution is 2.20. The van der Waals surface area contributed by atoms with E-state index < -0.39 is 0 Å². The standard InChI is InChI=1S/C14H24N2/c1-4-14(5-2,6-3)16-11-12-7-9-13(15)10-8-12/h7-10,16H,4-6,11,15H2,1-3H3. The molecule has 1 aromatic carbocycles. The minimum absolute atomic E-state index is 0.293. The van der Waals surface area contributed by atoms with Crippen molar-refractivity contribution in [2.24, 2.45) is 0 Å². The maximum absolute atomic E-state index is 5.67. The van der Waals surface area contributed by atoms with Gasteiger partial charge in [-0.05, 0) is 37.0 Å². The minimum Gasteiger partial charge on any atom is -0.399 e. The van der Waals surface area contributed by atoms with Crippen LogP contribution in [0.1, 0.15) is 45.6 Å². The summed E-state index contributed by atoms with van der Waals surface area (Å²) >= 11 is 0. The zero-order chi connectivity index (χ0) is 12.0. The largest absolute Gasteiger partial charge is 0.399 e. The van der Waals surface area contributed by atoms with Gasteiger partial charge in [0, 0.05) is 17.8 Å². The van der Waals surface area contributed by atoms with E-state index in [4.69, 9.17) is 5.73 Å². The number of nitrogens with two attached hydrogens (primary N) is 1. The van der Waals surface area contributed by atoms with Crippen molar-refractivity contribution in [2.75, 3.05) is 5.73 Å². The lowest BCUT2D eigenvalue weighted by Crippen LogP contribution is -2.43. The van der Waals surface area contributed by atoms with Crippen LogP contribution in [0.3, 0.4) is 0 Å². The van der Waals surface area contributed by atoms with Gasteiger partial charge < -0.3 is 11.1 Å². The predicted molar refractivity (Wildman–Crippen MR) is 71.3 cm³/mol. The molecule has 0 atom stereocenters. The van der Waals surface area contributed by atoms with E-state index in [1.54, 1.807) is 0 Å². The molecule has 0 saturated carbocycles. The average molecular weight is 220 g/mol. The lowest BCUT2D eigenvalue weighted by molar-refractivity contribution is 0.288. The van der Waals surface area contributed by atoms with E-state index in [2.05, 4.69) is 38.2 Å². The number of nitrogens with one attached hydrogen (secondary N) is 1. The fraction of sp³-hybridized carbons (Fsp3) is 0.571. The summed E-state index contributed by atoms with van der Waals surface area (Å²) < 4.78 is 0. The highest BCUT2D eigenvalue weighted by Gasteiger charge is 2.22. The quantitative estimate of drug-likeness (QED) is 0.722. The predicted octanol–water partition coefficient (Wildman–Crippen LogP) is 3.33. The molecule has 0 aromatic heterocycles. The van der Waals surface area contributed by atoms with Gasteiger partial charge in [-0.15, -0.1) is 0 Å². The van der Waals surface area contributed by atoms with Crippen LogP contribution in [-0.2, 0) is 6.54 Å². The summed E-state index contributed by atoms with van der Waals surface area (Å²) in [5.41, 5.74) is 8.09. The first-order valence-corrected chi connectivity index (χ1v) is 6.25. The molecule has 1 aromatic rings.